The van der Waals surface area contributed by atoms with Crippen LogP contribution in [0.4, 0.5) is 0 Å². The van der Waals surface area contributed by atoms with E-state index in [1.807, 2.05) is 38.2 Å². The van der Waals surface area contributed by atoms with Gasteiger partial charge in [0.1, 0.15) is 0 Å². The zero-order valence-electron chi connectivity index (χ0n) is 10.7. The number of aromatic nitrogens is 1. The van der Waals surface area contributed by atoms with Gasteiger partial charge in [0.15, 0.2) is 0 Å². The maximum absolute atomic E-state index is 11.9. The van der Waals surface area contributed by atoms with Crippen molar-refractivity contribution < 1.29 is 9.53 Å². The van der Waals surface area contributed by atoms with Gasteiger partial charge in [-0.3, -0.25) is 4.79 Å². The van der Waals surface area contributed by atoms with Crippen molar-refractivity contribution >= 4 is 27.4 Å². The van der Waals surface area contributed by atoms with Crippen LogP contribution in [0.2, 0.25) is 0 Å². The third kappa shape index (κ3) is 1.94. The van der Waals surface area contributed by atoms with Crippen LogP contribution >= 0.6 is 15.9 Å². The zero-order valence-corrected chi connectivity index (χ0v) is 12.3. The lowest BCUT2D eigenvalue weighted by Crippen LogP contribution is -2.16. The van der Waals surface area contributed by atoms with Crippen LogP contribution in [0.15, 0.2) is 28.9 Å². The third-order valence-electron chi connectivity index (χ3n) is 3.28. The first kappa shape index (κ1) is 13.1. The molecule has 2 aromatic heterocycles. The number of carbonyl (C=O) groups excluding carboxylic acids is 1. The molecule has 0 aliphatic heterocycles. The number of esters is 1. The largest absolute Gasteiger partial charge is 0.469 e. The minimum Gasteiger partial charge on any atom is -0.469 e. The van der Waals surface area contributed by atoms with Gasteiger partial charge < -0.3 is 9.14 Å². The average molecular weight is 310 g/mol. The van der Waals surface area contributed by atoms with Crippen molar-refractivity contribution in [3.05, 3.63) is 40.1 Å². The van der Waals surface area contributed by atoms with Gasteiger partial charge in [-0.1, -0.05) is 13.0 Å². The number of carbonyl (C=O) groups is 1. The monoisotopic (exact) mass is 309 g/mol. The van der Waals surface area contributed by atoms with Gasteiger partial charge in [-0.05, 0) is 47.0 Å². The molecule has 0 saturated heterocycles. The molecule has 4 heteroatoms. The van der Waals surface area contributed by atoms with Crippen molar-refractivity contribution in [2.45, 2.75) is 26.2 Å². The van der Waals surface area contributed by atoms with Gasteiger partial charge in [-0.2, -0.15) is 0 Å². The summed E-state index contributed by atoms with van der Waals surface area (Å²) in [5, 5.41) is 0. The Morgan fingerprint density at radius 2 is 2.22 bits per heavy atom. The van der Waals surface area contributed by atoms with Crippen LogP contribution in [0, 0.1) is 6.92 Å². The third-order valence-corrected chi connectivity index (χ3v) is 4.28. The molecule has 2 rings (SSSR count). The van der Waals surface area contributed by atoms with Crippen LogP contribution in [0.5, 0.6) is 0 Å². The van der Waals surface area contributed by atoms with Crippen molar-refractivity contribution in [1.29, 1.82) is 0 Å². The van der Waals surface area contributed by atoms with E-state index in [1.165, 1.54) is 7.11 Å². The number of hydrogen-bond acceptors (Lipinski definition) is 2. The van der Waals surface area contributed by atoms with Crippen molar-refractivity contribution in [1.82, 2.24) is 4.40 Å². The maximum atomic E-state index is 11.9. The van der Waals surface area contributed by atoms with Gasteiger partial charge in [0.25, 0.3) is 0 Å². The summed E-state index contributed by atoms with van der Waals surface area (Å²) in [6, 6.07) is 5.99. The smallest absolute Gasteiger partial charge is 0.314 e. The summed E-state index contributed by atoms with van der Waals surface area (Å²) < 4.78 is 8.01. The molecule has 0 aromatic carbocycles. The highest BCUT2D eigenvalue weighted by atomic mass is 79.9. The Hall–Kier alpha value is -1.29. The maximum Gasteiger partial charge on any atom is 0.314 e. The van der Waals surface area contributed by atoms with Gasteiger partial charge >= 0.3 is 5.97 Å². The minimum atomic E-state index is -0.226. The van der Waals surface area contributed by atoms with Crippen LogP contribution in [0.25, 0.3) is 5.52 Å². The molecule has 0 saturated carbocycles. The molecule has 0 radical (unpaired) electrons. The summed E-state index contributed by atoms with van der Waals surface area (Å²) >= 11 is 3.60. The van der Waals surface area contributed by atoms with Crippen LogP contribution in [-0.4, -0.2) is 17.5 Å². The summed E-state index contributed by atoms with van der Waals surface area (Å²) in [5.74, 6) is -0.410. The standard InChI is InChI=1S/C14H16BrNO2/c1-4-10(14(17)18-3)13-9(2)12(15)11-7-5-6-8-16(11)13/h5-8,10H,4H2,1-3H3. The molecular formula is C14H16BrNO2. The molecule has 0 N–H and O–H groups in total. The average Bonchev–Trinajstić information content (AvgIpc) is 2.65. The number of methoxy groups -OCH3 is 1. The van der Waals surface area contributed by atoms with E-state index in [4.69, 9.17) is 4.74 Å². The molecule has 0 aliphatic rings. The second-order valence-corrected chi connectivity index (χ2v) is 5.06. The molecular weight excluding hydrogens is 294 g/mol. The number of nitrogens with zero attached hydrogens (tertiary/aromatic N) is 1. The van der Waals surface area contributed by atoms with Crippen LogP contribution in [0.3, 0.4) is 0 Å². The highest BCUT2D eigenvalue weighted by Gasteiger charge is 2.26. The van der Waals surface area contributed by atoms with Crippen molar-refractivity contribution in [2.24, 2.45) is 0 Å². The van der Waals surface area contributed by atoms with Gasteiger partial charge in [0.05, 0.1) is 18.5 Å². The zero-order chi connectivity index (χ0) is 13.3. The number of pyridine rings is 1. The first-order valence-corrected chi connectivity index (χ1v) is 6.74. The summed E-state index contributed by atoms with van der Waals surface area (Å²) in [7, 11) is 1.44. The first-order chi connectivity index (χ1) is 8.61. The fourth-order valence-corrected chi connectivity index (χ4v) is 2.89. The Balaban J connectivity index is 2.69. The molecule has 96 valence electrons. The number of halogens is 1. The topological polar surface area (TPSA) is 30.7 Å². The van der Waals surface area contributed by atoms with Gasteiger partial charge in [-0.25, -0.2) is 0 Å². The van der Waals surface area contributed by atoms with E-state index in [-0.39, 0.29) is 11.9 Å². The van der Waals surface area contributed by atoms with E-state index in [2.05, 4.69) is 20.3 Å². The highest BCUT2D eigenvalue weighted by molar-refractivity contribution is 9.10. The van der Waals surface area contributed by atoms with Gasteiger partial charge in [0, 0.05) is 16.4 Å². The fraction of sp³-hybridized carbons (Fsp3) is 0.357. The molecule has 0 aliphatic carbocycles. The number of fused-ring (bicyclic) bond motifs is 1. The Labute approximate surface area is 115 Å². The number of hydrogen-bond donors (Lipinski definition) is 0. The Morgan fingerprint density at radius 3 is 2.83 bits per heavy atom. The predicted octanol–water partition coefficient (Wildman–Crippen LogP) is 3.68. The van der Waals surface area contributed by atoms with Gasteiger partial charge in [0.2, 0.25) is 0 Å². The molecule has 1 unspecified atom stereocenters. The first-order valence-electron chi connectivity index (χ1n) is 5.94. The lowest BCUT2D eigenvalue weighted by atomic mass is 10.00. The van der Waals surface area contributed by atoms with Crippen LogP contribution < -0.4 is 0 Å². The summed E-state index contributed by atoms with van der Waals surface area (Å²) in [6.07, 6.45) is 2.70. The molecule has 0 bridgehead atoms. The summed E-state index contributed by atoms with van der Waals surface area (Å²) in [6.45, 7) is 4.02. The molecule has 18 heavy (non-hydrogen) atoms. The van der Waals surface area contributed by atoms with E-state index in [1.54, 1.807) is 0 Å². The molecule has 3 nitrogen and oxygen atoms in total. The molecule has 2 aromatic rings. The summed E-state index contributed by atoms with van der Waals surface area (Å²) in [5.41, 5.74) is 3.18. The van der Waals surface area contributed by atoms with E-state index >= 15 is 0 Å². The fourth-order valence-electron chi connectivity index (χ4n) is 2.36. The van der Waals surface area contributed by atoms with Crippen molar-refractivity contribution in [3.63, 3.8) is 0 Å². The minimum absolute atomic E-state index is 0.184. The second-order valence-electron chi connectivity index (χ2n) is 4.26. The van der Waals surface area contributed by atoms with E-state index in [0.29, 0.717) is 0 Å². The van der Waals surface area contributed by atoms with E-state index in [9.17, 15) is 4.79 Å². The molecule has 0 spiro atoms. The number of rotatable bonds is 3. The molecule has 1 atom stereocenters. The molecule has 0 amide bonds. The predicted molar refractivity (Wildman–Crippen MR) is 74.9 cm³/mol. The Kier molecular flexibility index (Phi) is 3.76. The molecule has 2 heterocycles. The Bertz CT molecular complexity index is 589. The summed E-state index contributed by atoms with van der Waals surface area (Å²) in [4.78, 5) is 11.9. The van der Waals surface area contributed by atoms with Crippen molar-refractivity contribution in [3.8, 4) is 0 Å². The Morgan fingerprint density at radius 1 is 1.50 bits per heavy atom. The lowest BCUT2D eigenvalue weighted by molar-refractivity contribution is -0.142. The van der Waals surface area contributed by atoms with Gasteiger partial charge in [-0.15, -0.1) is 0 Å². The van der Waals surface area contributed by atoms with E-state index < -0.39 is 0 Å². The lowest BCUT2D eigenvalue weighted by Gasteiger charge is -2.14. The number of ether oxygens (including phenoxy) is 1. The van der Waals surface area contributed by atoms with E-state index in [0.717, 1.165) is 27.7 Å². The van der Waals surface area contributed by atoms with Crippen molar-refractivity contribution in [2.75, 3.05) is 7.11 Å². The normalized spacial score (nSPS) is 12.7. The molecule has 0 fully saturated rings. The quantitative estimate of drug-likeness (QED) is 0.810. The SMILES string of the molecule is CCC(C(=O)OC)c1c(C)c(Br)c2ccccn12. The van der Waals surface area contributed by atoms with Crippen LogP contribution in [0.1, 0.15) is 30.5 Å². The van der Waals surface area contributed by atoms with Crippen LogP contribution in [-0.2, 0) is 9.53 Å². The second kappa shape index (κ2) is 5.14. The highest BCUT2D eigenvalue weighted by Crippen LogP contribution is 2.34.